The number of esters is 1. The molecule has 2 aromatic carbocycles. The maximum absolute atomic E-state index is 11.8. The van der Waals surface area contributed by atoms with E-state index in [2.05, 4.69) is 10.6 Å². The molecule has 0 aliphatic heterocycles. The molecule has 0 saturated carbocycles. The van der Waals surface area contributed by atoms with Crippen molar-refractivity contribution in [3.05, 3.63) is 64.1 Å². The van der Waals surface area contributed by atoms with E-state index in [1.54, 1.807) is 12.1 Å². The molecule has 6 nitrogen and oxygen atoms in total. The van der Waals surface area contributed by atoms with Crippen LogP contribution in [0.2, 0.25) is 10.0 Å². The molecule has 0 aliphatic carbocycles. The lowest BCUT2D eigenvalue weighted by Gasteiger charge is -2.08. The average Bonchev–Trinajstić information content (AvgIpc) is 2.67. The molecule has 0 bridgehead atoms. The third kappa shape index (κ3) is 7.68. The number of benzene rings is 2. The van der Waals surface area contributed by atoms with Crippen molar-refractivity contribution < 1.29 is 19.1 Å². The molecule has 0 saturated heterocycles. The van der Waals surface area contributed by atoms with Gasteiger partial charge in [-0.2, -0.15) is 0 Å². The maximum atomic E-state index is 11.8. The van der Waals surface area contributed by atoms with Crippen molar-refractivity contribution in [1.29, 1.82) is 0 Å². The number of hydrogen-bond donors (Lipinski definition) is 2. The number of anilines is 1. The van der Waals surface area contributed by atoms with Crippen LogP contribution in [0.15, 0.2) is 48.5 Å². The minimum absolute atomic E-state index is 0.0138. The molecule has 2 aromatic rings. The summed E-state index contributed by atoms with van der Waals surface area (Å²) in [5.41, 5.74) is 1.40. The Hall–Kier alpha value is -2.57. The molecule has 0 radical (unpaired) electrons. The van der Waals surface area contributed by atoms with Gasteiger partial charge in [0.25, 0.3) is 5.91 Å². The second kappa shape index (κ2) is 10.5. The van der Waals surface area contributed by atoms with Crippen LogP contribution in [-0.4, -0.2) is 24.4 Å². The van der Waals surface area contributed by atoms with E-state index in [4.69, 9.17) is 27.9 Å². The van der Waals surface area contributed by atoms with Gasteiger partial charge >= 0.3 is 5.97 Å². The zero-order valence-corrected chi connectivity index (χ0v) is 15.8. The van der Waals surface area contributed by atoms with Gasteiger partial charge in [0.1, 0.15) is 0 Å². The van der Waals surface area contributed by atoms with Crippen molar-refractivity contribution in [3.63, 3.8) is 0 Å². The highest BCUT2D eigenvalue weighted by molar-refractivity contribution is 6.42. The van der Waals surface area contributed by atoms with Crippen LogP contribution in [0.3, 0.4) is 0 Å². The van der Waals surface area contributed by atoms with Crippen LogP contribution >= 0.6 is 23.2 Å². The van der Waals surface area contributed by atoms with Crippen LogP contribution in [0.1, 0.15) is 18.4 Å². The van der Waals surface area contributed by atoms with Crippen LogP contribution in [0.5, 0.6) is 0 Å². The van der Waals surface area contributed by atoms with E-state index in [0.29, 0.717) is 22.3 Å². The predicted octanol–water partition coefficient (Wildman–Crippen LogP) is 3.57. The molecule has 0 heterocycles. The minimum Gasteiger partial charge on any atom is -0.456 e. The molecule has 2 N–H and O–H groups in total. The summed E-state index contributed by atoms with van der Waals surface area (Å²) in [6.45, 7) is -0.0640. The Bertz CT molecular complexity index is 813. The maximum Gasteiger partial charge on any atom is 0.306 e. The summed E-state index contributed by atoms with van der Waals surface area (Å²) in [4.78, 5) is 35.2. The summed E-state index contributed by atoms with van der Waals surface area (Å²) in [5, 5.41) is 5.91. The second-order valence-corrected chi connectivity index (χ2v) is 6.41. The number of halogens is 2. The normalized spacial score (nSPS) is 10.1. The molecule has 0 atom stereocenters. The monoisotopic (exact) mass is 408 g/mol. The average molecular weight is 409 g/mol. The number of hydrogen-bond acceptors (Lipinski definition) is 4. The first-order valence-electron chi connectivity index (χ1n) is 8.15. The van der Waals surface area contributed by atoms with Crippen molar-refractivity contribution in [1.82, 2.24) is 5.32 Å². The summed E-state index contributed by atoms with van der Waals surface area (Å²) < 4.78 is 4.85. The lowest BCUT2D eigenvalue weighted by Crippen LogP contribution is -2.25. The lowest BCUT2D eigenvalue weighted by molar-refractivity contribution is -0.148. The molecule has 142 valence electrons. The highest BCUT2D eigenvalue weighted by Crippen LogP contribution is 2.24. The van der Waals surface area contributed by atoms with Gasteiger partial charge in [-0.05, 0) is 23.8 Å². The number of carbonyl (C=O) groups is 3. The van der Waals surface area contributed by atoms with Crippen molar-refractivity contribution in [2.45, 2.75) is 19.4 Å². The molecule has 0 aliphatic rings. The number of ether oxygens (including phenoxy) is 1. The first-order chi connectivity index (χ1) is 12.9. The summed E-state index contributed by atoms with van der Waals surface area (Å²) in [6.07, 6.45) is -0.124. The fraction of sp³-hybridized carbons (Fsp3) is 0.211. The van der Waals surface area contributed by atoms with Crippen molar-refractivity contribution in [2.24, 2.45) is 0 Å². The minimum atomic E-state index is -0.630. The van der Waals surface area contributed by atoms with E-state index in [1.165, 1.54) is 6.07 Å². The van der Waals surface area contributed by atoms with Gasteiger partial charge in [-0.15, -0.1) is 0 Å². The second-order valence-electron chi connectivity index (χ2n) is 5.60. The molecule has 2 rings (SSSR count). The summed E-state index contributed by atoms with van der Waals surface area (Å²) in [6, 6.07) is 14.0. The number of nitrogens with one attached hydrogen (secondary N) is 2. The van der Waals surface area contributed by atoms with Gasteiger partial charge < -0.3 is 15.4 Å². The van der Waals surface area contributed by atoms with Gasteiger partial charge in [-0.25, -0.2) is 0 Å². The Morgan fingerprint density at radius 3 is 2.33 bits per heavy atom. The van der Waals surface area contributed by atoms with Crippen LogP contribution < -0.4 is 10.6 Å². The Kier molecular flexibility index (Phi) is 8.10. The molecular formula is C19H18Cl2N2O4. The molecule has 0 aromatic heterocycles. The van der Waals surface area contributed by atoms with Gasteiger partial charge in [0, 0.05) is 18.7 Å². The van der Waals surface area contributed by atoms with Gasteiger partial charge in [0.05, 0.1) is 16.5 Å². The molecule has 2 amide bonds. The van der Waals surface area contributed by atoms with E-state index in [1.807, 2.05) is 30.3 Å². The zero-order chi connectivity index (χ0) is 19.6. The van der Waals surface area contributed by atoms with Crippen molar-refractivity contribution in [3.8, 4) is 0 Å². The Labute approximate surface area is 166 Å². The Morgan fingerprint density at radius 2 is 1.63 bits per heavy atom. The largest absolute Gasteiger partial charge is 0.456 e. The molecule has 0 spiro atoms. The van der Waals surface area contributed by atoms with Gasteiger partial charge in [0.15, 0.2) is 6.61 Å². The molecular weight excluding hydrogens is 391 g/mol. The fourth-order valence-corrected chi connectivity index (χ4v) is 2.39. The molecule has 27 heavy (non-hydrogen) atoms. The van der Waals surface area contributed by atoms with E-state index in [-0.39, 0.29) is 18.7 Å². The topological polar surface area (TPSA) is 84.5 Å². The number of carbonyl (C=O) groups excluding carboxylic acids is 3. The first-order valence-corrected chi connectivity index (χ1v) is 8.91. The molecule has 0 unspecified atom stereocenters. The van der Waals surface area contributed by atoms with Crippen LogP contribution in [0.25, 0.3) is 0 Å². The SMILES string of the molecule is O=C(CCC(=O)OCC(=O)Nc1ccc(Cl)c(Cl)c1)NCc1ccccc1. The lowest BCUT2D eigenvalue weighted by atomic mass is 10.2. The third-order valence-electron chi connectivity index (χ3n) is 3.46. The van der Waals surface area contributed by atoms with E-state index < -0.39 is 18.5 Å². The number of rotatable bonds is 8. The zero-order valence-electron chi connectivity index (χ0n) is 14.3. The van der Waals surface area contributed by atoms with E-state index >= 15 is 0 Å². The standard InChI is InChI=1S/C19H18Cl2N2O4/c20-15-7-6-14(10-16(15)21)23-18(25)12-27-19(26)9-8-17(24)22-11-13-4-2-1-3-5-13/h1-7,10H,8-9,11-12H2,(H,22,24)(H,23,25). The predicted molar refractivity (Wildman–Crippen MR) is 104 cm³/mol. The van der Waals surface area contributed by atoms with Gasteiger partial charge in [-0.3, -0.25) is 14.4 Å². The molecule has 8 heteroatoms. The van der Waals surface area contributed by atoms with Gasteiger partial charge in [-0.1, -0.05) is 53.5 Å². The smallest absolute Gasteiger partial charge is 0.306 e. The Morgan fingerprint density at radius 1 is 0.889 bits per heavy atom. The summed E-state index contributed by atoms with van der Waals surface area (Å²) in [5.74, 6) is -1.42. The highest BCUT2D eigenvalue weighted by atomic mass is 35.5. The summed E-state index contributed by atoms with van der Waals surface area (Å²) in [7, 11) is 0. The van der Waals surface area contributed by atoms with Crippen molar-refractivity contribution in [2.75, 3.05) is 11.9 Å². The summed E-state index contributed by atoms with van der Waals surface area (Å²) >= 11 is 11.6. The third-order valence-corrected chi connectivity index (χ3v) is 4.20. The van der Waals surface area contributed by atoms with Crippen molar-refractivity contribution >= 4 is 46.7 Å². The quantitative estimate of drug-likeness (QED) is 0.653. The van der Waals surface area contributed by atoms with Crippen LogP contribution in [0, 0.1) is 0 Å². The van der Waals surface area contributed by atoms with Crippen LogP contribution in [-0.2, 0) is 25.7 Å². The van der Waals surface area contributed by atoms with Gasteiger partial charge in [0.2, 0.25) is 5.91 Å². The fourth-order valence-electron chi connectivity index (χ4n) is 2.09. The van der Waals surface area contributed by atoms with E-state index in [9.17, 15) is 14.4 Å². The highest BCUT2D eigenvalue weighted by Gasteiger charge is 2.11. The van der Waals surface area contributed by atoms with Crippen LogP contribution in [0.4, 0.5) is 5.69 Å². The number of amides is 2. The van der Waals surface area contributed by atoms with E-state index in [0.717, 1.165) is 5.56 Å². The Balaban J connectivity index is 1.64. The first kappa shape index (κ1) is 20.7. The molecule has 0 fully saturated rings.